The summed E-state index contributed by atoms with van der Waals surface area (Å²) >= 11 is 0. The van der Waals surface area contributed by atoms with Crippen molar-refractivity contribution in [3.05, 3.63) is 42.4 Å². The Morgan fingerprint density at radius 3 is 2.64 bits per heavy atom. The summed E-state index contributed by atoms with van der Waals surface area (Å²) < 4.78 is 1.51. The van der Waals surface area contributed by atoms with Gasteiger partial charge in [0.1, 0.15) is 11.8 Å². The average Bonchev–Trinajstić information content (AvgIpc) is 2.87. The molecule has 8 heteroatoms. The zero-order valence-electron chi connectivity index (χ0n) is 11.4. The molecule has 0 unspecified atom stereocenters. The molecule has 0 saturated heterocycles. The zero-order valence-corrected chi connectivity index (χ0v) is 11.4. The Hall–Kier alpha value is -3.42. The predicted octanol–water partition coefficient (Wildman–Crippen LogP) is 1.28. The second kappa shape index (κ2) is 5.17. The highest BCUT2D eigenvalue weighted by atomic mass is 16.2. The zero-order chi connectivity index (χ0) is 15.7. The lowest BCUT2D eigenvalue weighted by Crippen LogP contribution is -2.19. The molecular formula is C14H12N6O2. The summed E-state index contributed by atoms with van der Waals surface area (Å²) in [5.41, 5.74) is 13.9. The molecule has 0 aliphatic heterocycles. The number of aromatic nitrogens is 3. The minimum Gasteiger partial charge on any atom is -0.382 e. The summed E-state index contributed by atoms with van der Waals surface area (Å²) in [6.45, 7) is 0. The molecule has 22 heavy (non-hydrogen) atoms. The van der Waals surface area contributed by atoms with Crippen LogP contribution in [0, 0.1) is 0 Å². The number of nitrogen functional groups attached to an aromatic ring is 1. The fourth-order valence-corrected chi connectivity index (χ4v) is 2.31. The van der Waals surface area contributed by atoms with Crippen LogP contribution < -0.4 is 16.8 Å². The van der Waals surface area contributed by atoms with Crippen molar-refractivity contribution < 1.29 is 9.59 Å². The third kappa shape index (κ3) is 2.22. The lowest BCUT2D eigenvalue weighted by Gasteiger charge is -2.06. The first-order valence-corrected chi connectivity index (χ1v) is 6.34. The van der Waals surface area contributed by atoms with Crippen molar-refractivity contribution in [1.29, 1.82) is 0 Å². The van der Waals surface area contributed by atoms with E-state index in [0.717, 1.165) is 11.8 Å². The average molecular weight is 296 g/mol. The highest BCUT2D eigenvalue weighted by molar-refractivity contribution is 5.99. The quantitative estimate of drug-likeness (QED) is 0.627. The van der Waals surface area contributed by atoms with E-state index in [-0.39, 0.29) is 5.82 Å². The Morgan fingerprint density at radius 2 is 2.00 bits per heavy atom. The molecule has 2 aromatic heterocycles. The molecular weight excluding hydrogens is 284 g/mol. The molecule has 2 amide bonds. The SMILES string of the molecule is NC(=O)Nc1ccc(-c2c(C=O)cn3ncnc(N)c23)cc1. The Kier molecular flexibility index (Phi) is 3.18. The van der Waals surface area contributed by atoms with E-state index in [0.29, 0.717) is 22.3 Å². The van der Waals surface area contributed by atoms with Gasteiger partial charge in [-0.15, -0.1) is 0 Å². The van der Waals surface area contributed by atoms with E-state index in [1.807, 2.05) is 0 Å². The molecule has 8 nitrogen and oxygen atoms in total. The van der Waals surface area contributed by atoms with Gasteiger partial charge in [0.05, 0.1) is 0 Å². The van der Waals surface area contributed by atoms with E-state index in [4.69, 9.17) is 11.5 Å². The van der Waals surface area contributed by atoms with Gasteiger partial charge in [-0.3, -0.25) is 4.79 Å². The smallest absolute Gasteiger partial charge is 0.316 e. The normalized spacial score (nSPS) is 10.5. The highest BCUT2D eigenvalue weighted by Gasteiger charge is 2.16. The Balaban J connectivity index is 2.16. The fourth-order valence-electron chi connectivity index (χ4n) is 2.31. The standard InChI is InChI=1S/C14H12N6O2/c15-13-12-11(9(6-21)5-20(12)18-7-17-13)8-1-3-10(4-2-8)19-14(16)22/h1-7H,(H2,15,17,18)(H3,16,19,22). The van der Waals surface area contributed by atoms with Crippen LogP contribution in [0.5, 0.6) is 0 Å². The minimum atomic E-state index is -0.645. The van der Waals surface area contributed by atoms with Crippen LogP contribution in [0.4, 0.5) is 16.3 Å². The van der Waals surface area contributed by atoms with Gasteiger partial charge in [0.2, 0.25) is 0 Å². The van der Waals surface area contributed by atoms with Crippen molar-refractivity contribution in [1.82, 2.24) is 14.6 Å². The molecule has 110 valence electrons. The summed E-state index contributed by atoms with van der Waals surface area (Å²) in [7, 11) is 0. The van der Waals surface area contributed by atoms with Gasteiger partial charge in [0.25, 0.3) is 0 Å². The van der Waals surface area contributed by atoms with Gasteiger partial charge in [-0.25, -0.2) is 14.3 Å². The van der Waals surface area contributed by atoms with E-state index in [2.05, 4.69) is 15.4 Å². The molecule has 2 heterocycles. The van der Waals surface area contributed by atoms with Crippen molar-refractivity contribution >= 4 is 29.3 Å². The number of urea groups is 1. The van der Waals surface area contributed by atoms with Crippen LogP contribution in [-0.4, -0.2) is 26.9 Å². The number of nitrogens with two attached hydrogens (primary N) is 2. The van der Waals surface area contributed by atoms with Crippen LogP contribution in [-0.2, 0) is 0 Å². The van der Waals surface area contributed by atoms with Gasteiger partial charge in [0, 0.05) is 23.0 Å². The maximum absolute atomic E-state index is 11.3. The number of benzene rings is 1. The number of hydrogen-bond acceptors (Lipinski definition) is 5. The third-order valence-electron chi connectivity index (χ3n) is 3.20. The summed E-state index contributed by atoms with van der Waals surface area (Å²) in [5, 5.41) is 6.52. The number of hydrogen-bond donors (Lipinski definition) is 3. The van der Waals surface area contributed by atoms with E-state index < -0.39 is 6.03 Å². The molecule has 0 aliphatic carbocycles. The Bertz CT molecular complexity index is 869. The van der Waals surface area contributed by atoms with Gasteiger partial charge in [-0.1, -0.05) is 12.1 Å². The lowest BCUT2D eigenvalue weighted by molar-refractivity contribution is 0.112. The van der Waals surface area contributed by atoms with Crippen LogP contribution in [0.25, 0.3) is 16.6 Å². The van der Waals surface area contributed by atoms with E-state index >= 15 is 0 Å². The third-order valence-corrected chi connectivity index (χ3v) is 3.20. The molecule has 3 rings (SSSR count). The number of anilines is 2. The molecule has 3 aromatic rings. The van der Waals surface area contributed by atoms with E-state index in [1.54, 1.807) is 30.5 Å². The lowest BCUT2D eigenvalue weighted by atomic mass is 10.0. The van der Waals surface area contributed by atoms with Crippen LogP contribution in [0.1, 0.15) is 10.4 Å². The number of nitrogens with zero attached hydrogens (tertiary/aromatic N) is 3. The molecule has 5 N–H and O–H groups in total. The summed E-state index contributed by atoms with van der Waals surface area (Å²) in [6, 6.07) is 6.21. The molecule has 0 fully saturated rings. The first-order valence-electron chi connectivity index (χ1n) is 6.34. The van der Waals surface area contributed by atoms with Crippen LogP contribution in [0.3, 0.4) is 0 Å². The molecule has 1 aromatic carbocycles. The van der Waals surface area contributed by atoms with E-state index in [9.17, 15) is 9.59 Å². The van der Waals surface area contributed by atoms with Crippen molar-refractivity contribution in [2.45, 2.75) is 0 Å². The molecule has 0 bridgehead atoms. The second-order valence-corrected chi connectivity index (χ2v) is 4.58. The molecule has 0 atom stereocenters. The van der Waals surface area contributed by atoms with Crippen molar-refractivity contribution in [2.24, 2.45) is 5.73 Å². The number of aldehydes is 1. The van der Waals surface area contributed by atoms with Gasteiger partial charge in [0.15, 0.2) is 12.1 Å². The summed E-state index contributed by atoms with van der Waals surface area (Å²) in [4.78, 5) is 26.1. The molecule has 0 aliphatic rings. The summed E-state index contributed by atoms with van der Waals surface area (Å²) in [6.07, 6.45) is 3.64. The van der Waals surface area contributed by atoms with Crippen LogP contribution in [0.2, 0.25) is 0 Å². The van der Waals surface area contributed by atoms with Gasteiger partial charge < -0.3 is 16.8 Å². The number of rotatable bonds is 3. The van der Waals surface area contributed by atoms with Crippen LogP contribution in [0.15, 0.2) is 36.8 Å². The topological polar surface area (TPSA) is 128 Å². The number of fused-ring (bicyclic) bond motifs is 1. The minimum absolute atomic E-state index is 0.275. The Labute approximate surface area is 124 Å². The van der Waals surface area contributed by atoms with Crippen molar-refractivity contribution in [3.8, 4) is 11.1 Å². The number of carbonyl (C=O) groups is 2. The molecule has 0 radical (unpaired) electrons. The number of nitrogens with one attached hydrogen (secondary N) is 1. The second-order valence-electron chi connectivity index (χ2n) is 4.58. The fraction of sp³-hybridized carbons (Fsp3) is 0. The van der Waals surface area contributed by atoms with Gasteiger partial charge in [-0.2, -0.15) is 5.10 Å². The maximum atomic E-state index is 11.3. The first-order chi connectivity index (χ1) is 10.6. The number of carbonyl (C=O) groups excluding carboxylic acids is 2. The van der Waals surface area contributed by atoms with Gasteiger partial charge in [-0.05, 0) is 17.7 Å². The Morgan fingerprint density at radius 1 is 1.27 bits per heavy atom. The number of amides is 2. The van der Waals surface area contributed by atoms with Gasteiger partial charge >= 0.3 is 6.03 Å². The highest BCUT2D eigenvalue weighted by Crippen LogP contribution is 2.32. The largest absolute Gasteiger partial charge is 0.382 e. The number of primary amides is 1. The monoisotopic (exact) mass is 296 g/mol. The van der Waals surface area contributed by atoms with Crippen molar-refractivity contribution in [2.75, 3.05) is 11.1 Å². The first kappa shape index (κ1) is 13.6. The summed E-state index contributed by atoms with van der Waals surface area (Å²) in [5.74, 6) is 0.275. The molecule has 0 spiro atoms. The van der Waals surface area contributed by atoms with E-state index in [1.165, 1.54) is 10.8 Å². The maximum Gasteiger partial charge on any atom is 0.316 e. The van der Waals surface area contributed by atoms with Crippen molar-refractivity contribution in [3.63, 3.8) is 0 Å². The van der Waals surface area contributed by atoms with Crippen LogP contribution >= 0.6 is 0 Å². The predicted molar refractivity (Wildman–Crippen MR) is 81.4 cm³/mol. The molecule has 0 saturated carbocycles.